The van der Waals surface area contributed by atoms with Crippen molar-refractivity contribution in [3.63, 3.8) is 0 Å². The van der Waals surface area contributed by atoms with E-state index < -0.39 is 10.0 Å². The highest BCUT2D eigenvalue weighted by molar-refractivity contribution is 9.10. The first-order valence-corrected chi connectivity index (χ1v) is 12.4. The zero-order valence-corrected chi connectivity index (χ0v) is 19.0. The second kappa shape index (κ2) is 8.14. The van der Waals surface area contributed by atoms with Gasteiger partial charge in [-0.2, -0.15) is 4.31 Å². The molecule has 9 heteroatoms. The van der Waals surface area contributed by atoms with Crippen molar-refractivity contribution in [2.45, 2.75) is 37.1 Å². The Morgan fingerprint density at radius 1 is 1.21 bits per heavy atom. The summed E-state index contributed by atoms with van der Waals surface area (Å²) in [6.07, 6.45) is 2.80. The fourth-order valence-electron chi connectivity index (χ4n) is 3.48. The molecule has 29 heavy (non-hydrogen) atoms. The van der Waals surface area contributed by atoms with E-state index >= 15 is 0 Å². The van der Waals surface area contributed by atoms with E-state index in [4.69, 9.17) is 0 Å². The van der Waals surface area contributed by atoms with Gasteiger partial charge in [-0.05, 0) is 72.1 Å². The highest BCUT2D eigenvalue weighted by Crippen LogP contribution is 2.31. The van der Waals surface area contributed by atoms with Crippen LogP contribution in [0.3, 0.4) is 0 Å². The number of anilines is 1. The van der Waals surface area contributed by atoms with E-state index in [1.54, 1.807) is 16.4 Å². The molecular formula is C20H20BrN3O3S2. The number of hydrogen-bond donors (Lipinski definition) is 1. The molecule has 0 saturated carbocycles. The number of carbonyl (C=O) groups excluding carboxylic acids is 1. The molecule has 1 aliphatic rings. The number of benzene rings is 2. The number of sulfonamides is 1. The first-order chi connectivity index (χ1) is 13.9. The van der Waals surface area contributed by atoms with Crippen LogP contribution in [0.5, 0.6) is 0 Å². The third-order valence-electron chi connectivity index (χ3n) is 5.06. The molecule has 0 bridgehead atoms. The number of hydrogen-bond acceptors (Lipinski definition) is 5. The molecule has 1 amide bonds. The van der Waals surface area contributed by atoms with Crippen molar-refractivity contribution in [1.82, 2.24) is 9.29 Å². The summed E-state index contributed by atoms with van der Waals surface area (Å²) in [4.78, 5) is 17.2. The molecule has 3 aromatic rings. The van der Waals surface area contributed by atoms with Crippen LogP contribution in [0, 0.1) is 0 Å². The van der Waals surface area contributed by atoms with Crippen LogP contribution >= 0.6 is 27.3 Å². The van der Waals surface area contributed by atoms with Crippen LogP contribution in [0.1, 0.15) is 36.5 Å². The minimum atomic E-state index is -3.55. The summed E-state index contributed by atoms with van der Waals surface area (Å²) in [6, 6.07) is 11.8. The van der Waals surface area contributed by atoms with Crippen LogP contribution < -0.4 is 5.32 Å². The van der Waals surface area contributed by atoms with Gasteiger partial charge in [0.1, 0.15) is 0 Å². The summed E-state index contributed by atoms with van der Waals surface area (Å²) >= 11 is 4.84. The largest absolute Gasteiger partial charge is 0.298 e. The molecule has 1 unspecified atom stereocenters. The molecule has 152 valence electrons. The van der Waals surface area contributed by atoms with E-state index in [0.717, 1.165) is 34.0 Å². The lowest BCUT2D eigenvalue weighted by molar-refractivity contribution is 0.102. The molecule has 1 fully saturated rings. The first kappa shape index (κ1) is 20.5. The van der Waals surface area contributed by atoms with E-state index in [9.17, 15) is 13.2 Å². The number of thiazole rings is 1. The fraction of sp³-hybridized carbons (Fsp3) is 0.300. The van der Waals surface area contributed by atoms with Gasteiger partial charge in [-0.1, -0.05) is 23.8 Å². The maximum absolute atomic E-state index is 12.9. The lowest BCUT2D eigenvalue weighted by Gasteiger charge is -2.32. The van der Waals surface area contributed by atoms with Gasteiger partial charge < -0.3 is 0 Å². The molecule has 0 radical (unpaired) electrons. The van der Waals surface area contributed by atoms with E-state index in [1.807, 2.05) is 25.1 Å². The van der Waals surface area contributed by atoms with Crippen molar-refractivity contribution < 1.29 is 13.2 Å². The number of halogens is 1. The summed E-state index contributed by atoms with van der Waals surface area (Å²) in [6.45, 7) is 2.48. The maximum atomic E-state index is 12.9. The zero-order valence-electron chi connectivity index (χ0n) is 15.8. The van der Waals surface area contributed by atoms with Gasteiger partial charge in [0.15, 0.2) is 5.13 Å². The number of fused-ring (bicyclic) bond motifs is 1. The standard InChI is InChI=1S/C20H20BrN3O3S2/c1-13-5-2-3-12-24(13)29(26,27)15-10-8-14(9-11-15)19(25)23-20-22-18-16(21)6-4-7-17(18)28-20/h4,6-11,13H,2-3,5,12H2,1H3,(H,22,23,25). The number of para-hydroxylation sites is 1. The molecule has 0 spiro atoms. The molecular weight excluding hydrogens is 474 g/mol. The van der Waals surface area contributed by atoms with Crippen LogP contribution in [0.15, 0.2) is 51.8 Å². The van der Waals surface area contributed by atoms with Crippen molar-refractivity contribution in [3.8, 4) is 0 Å². The summed E-state index contributed by atoms with van der Waals surface area (Å²) < 4.78 is 29.2. The molecule has 1 atom stereocenters. The lowest BCUT2D eigenvalue weighted by Crippen LogP contribution is -2.41. The van der Waals surface area contributed by atoms with Crippen molar-refractivity contribution in [2.75, 3.05) is 11.9 Å². The Kier molecular flexibility index (Phi) is 5.74. The van der Waals surface area contributed by atoms with E-state index in [2.05, 4.69) is 26.2 Å². The number of carbonyl (C=O) groups is 1. The van der Waals surface area contributed by atoms with Gasteiger partial charge in [-0.25, -0.2) is 13.4 Å². The Morgan fingerprint density at radius 3 is 2.66 bits per heavy atom. The van der Waals surface area contributed by atoms with E-state index in [1.165, 1.54) is 23.5 Å². The summed E-state index contributed by atoms with van der Waals surface area (Å²) in [7, 11) is -3.55. The predicted molar refractivity (Wildman–Crippen MR) is 119 cm³/mol. The van der Waals surface area contributed by atoms with Gasteiger partial charge in [-0.3, -0.25) is 10.1 Å². The molecule has 1 N–H and O–H groups in total. The fourth-order valence-corrected chi connectivity index (χ4v) is 6.65. The van der Waals surface area contributed by atoms with E-state index in [-0.39, 0.29) is 16.8 Å². The average Bonchev–Trinajstić information content (AvgIpc) is 3.12. The van der Waals surface area contributed by atoms with Gasteiger partial charge in [0.05, 0.1) is 15.1 Å². The first-order valence-electron chi connectivity index (χ1n) is 9.34. The van der Waals surface area contributed by atoms with Gasteiger partial charge in [0.2, 0.25) is 10.0 Å². The summed E-state index contributed by atoms with van der Waals surface area (Å²) in [5.74, 6) is -0.324. The second-order valence-corrected chi connectivity index (χ2v) is 10.8. The highest BCUT2D eigenvalue weighted by atomic mass is 79.9. The molecule has 1 aromatic heterocycles. The number of rotatable bonds is 4. The molecule has 1 aliphatic heterocycles. The highest BCUT2D eigenvalue weighted by Gasteiger charge is 2.30. The number of nitrogens with one attached hydrogen (secondary N) is 1. The van der Waals surface area contributed by atoms with Crippen LogP contribution in [-0.4, -0.2) is 36.2 Å². The monoisotopic (exact) mass is 493 g/mol. The quantitative estimate of drug-likeness (QED) is 0.561. The van der Waals surface area contributed by atoms with Gasteiger partial charge in [0, 0.05) is 22.6 Å². The van der Waals surface area contributed by atoms with E-state index in [0.29, 0.717) is 17.2 Å². The normalized spacial score (nSPS) is 18.1. The number of amides is 1. The van der Waals surface area contributed by atoms with Gasteiger partial charge >= 0.3 is 0 Å². The smallest absolute Gasteiger partial charge is 0.257 e. The summed E-state index contributed by atoms with van der Waals surface area (Å²) in [5, 5.41) is 3.29. The Hall–Kier alpha value is -1.81. The average molecular weight is 494 g/mol. The van der Waals surface area contributed by atoms with Crippen LogP contribution in [0.2, 0.25) is 0 Å². The molecule has 1 saturated heterocycles. The van der Waals surface area contributed by atoms with Crippen LogP contribution in [-0.2, 0) is 10.0 Å². The minimum absolute atomic E-state index is 0.00455. The van der Waals surface area contributed by atoms with Crippen molar-refractivity contribution >= 4 is 58.5 Å². The number of aromatic nitrogens is 1. The lowest BCUT2D eigenvalue weighted by atomic mass is 10.1. The second-order valence-electron chi connectivity index (χ2n) is 7.04. The Morgan fingerprint density at radius 2 is 1.97 bits per heavy atom. The van der Waals surface area contributed by atoms with Crippen molar-refractivity contribution in [3.05, 3.63) is 52.5 Å². The zero-order chi connectivity index (χ0) is 20.6. The van der Waals surface area contributed by atoms with Crippen molar-refractivity contribution in [1.29, 1.82) is 0 Å². The molecule has 2 heterocycles. The maximum Gasteiger partial charge on any atom is 0.257 e. The Bertz CT molecular complexity index is 1160. The molecule has 0 aliphatic carbocycles. The third-order valence-corrected chi connectivity index (χ3v) is 8.66. The van der Waals surface area contributed by atoms with Gasteiger partial charge in [0.25, 0.3) is 5.91 Å². The SMILES string of the molecule is CC1CCCCN1S(=O)(=O)c1ccc(C(=O)Nc2nc3c(Br)cccc3s2)cc1. The number of piperidine rings is 1. The number of nitrogens with zero attached hydrogens (tertiary/aromatic N) is 2. The van der Waals surface area contributed by atoms with Crippen LogP contribution in [0.4, 0.5) is 5.13 Å². The molecule has 2 aromatic carbocycles. The van der Waals surface area contributed by atoms with Crippen molar-refractivity contribution in [2.24, 2.45) is 0 Å². The predicted octanol–water partition coefficient (Wildman–Crippen LogP) is 4.87. The van der Waals surface area contributed by atoms with Crippen LogP contribution in [0.25, 0.3) is 10.2 Å². The topological polar surface area (TPSA) is 79.4 Å². The van der Waals surface area contributed by atoms with Gasteiger partial charge in [-0.15, -0.1) is 0 Å². The minimum Gasteiger partial charge on any atom is -0.298 e. The Labute approximate surface area is 182 Å². The third kappa shape index (κ3) is 4.09. The summed E-state index contributed by atoms with van der Waals surface area (Å²) in [5.41, 5.74) is 1.18. The molecule has 6 nitrogen and oxygen atoms in total. The molecule has 4 rings (SSSR count). The Balaban J connectivity index is 1.52.